The Kier molecular flexibility index (Phi) is 3.56. The van der Waals surface area contributed by atoms with Gasteiger partial charge >= 0.3 is 5.97 Å². The number of carbonyl (C=O) groups is 2. The van der Waals surface area contributed by atoms with Gasteiger partial charge in [0.15, 0.2) is 0 Å². The molecule has 0 bridgehead atoms. The van der Waals surface area contributed by atoms with E-state index in [1.807, 2.05) is 0 Å². The zero-order valence-corrected chi connectivity index (χ0v) is 9.87. The molecule has 0 saturated carbocycles. The standard InChI is InChI=1S/C10H14N4O4/c1-2-14(9(15)8-11-5-12-13-8)7-4-18-3-6(7)10(16)17/h5-7H,2-4H2,1H3,(H,16,17)(H,11,12,13). The number of H-pyrrole nitrogens is 1. The van der Waals surface area contributed by atoms with Crippen LogP contribution < -0.4 is 0 Å². The molecule has 0 radical (unpaired) electrons. The van der Waals surface area contributed by atoms with Crippen LogP contribution >= 0.6 is 0 Å². The Hall–Kier alpha value is -1.96. The molecule has 1 aliphatic heterocycles. The van der Waals surface area contributed by atoms with E-state index in [1.165, 1.54) is 11.2 Å². The van der Waals surface area contributed by atoms with Crippen LogP contribution in [0.25, 0.3) is 0 Å². The number of carbonyl (C=O) groups excluding carboxylic acids is 1. The lowest BCUT2D eigenvalue weighted by molar-refractivity contribution is -0.142. The van der Waals surface area contributed by atoms with Crippen LogP contribution in [0.3, 0.4) is 0 Å². The van der Waals surface area contributed by atoms with Gasteiger partial charge in [-0.2, -0.15) is 5.10 Å². The first-order chi connectivity index (χ1) is 8.65. The fraction of sp³-hybridized carbons (Fsp3) is 0.600. The van der Waals surface area contributed by atoms with Crippen molar-refractivity contribution >= 4 is 11.9 Å². The van der Waals surface area contributed by atoms with Gasteiger partial charge in [-0.1, -0.05) is 0 Å². The molecule has 1 aliphatic rings. The van der Waals surface area contributed by atoms with Gasteiger partial charge in [0.2, 0.25) is 5.82 Å². The molecule has 1 aromatic rings. The van der Waals surface area contributed by atoms with E-state index in [4.69, 9.17) is 9.84 Å². The molecule has 1 amide bonds. The van der Waals surface area contributed by atoms with Gasteiger partial charge in [-0.25, -0.2) is 4.98 Å². The molecule has 8 heteroatoms. The second-order valence-corrected chi connectivity index (χ2v) is 3.97. The number of aromatic amines is 1. The normalized spacial score (nSPS) is 22.9. The van der Waals surface area contributed by atoms with E-state index < -0.39 is 17.9 Å². The molecule has 0 spiro atoms. The quantitative estimate of drug-likeness (QED) is 0.740. The smallest absolute Gasteiger partial charge is 0.311 e. The monoisotopic (exact) mass is 254 g/mol. The predicted octanol–water partition coefficient (Wildman–Crippen LogP) is -0.634. The Bertz CT molecular complexity index is 433. The third-order valence-corrected chi connectivity index (χ3v) is 2.99. The number of aliphatic carboxylic acids is 1. The molecule has 1 fully saturated rings. The molecule has 18 heavy (non-hydrogen) atoms. The highest BCUT2D eigenvalue weighted by molar-refractivity contribution is 5.91. The minimum absolute atomic E-state index is 0.105. The fourth-order valence-electron chi connectivity index (χ4n) is 2.06. The average Bonchev–Trinajstić information content (AvgIpc) is 3.00. The summed E-state index contributed by atoms with van der Waals surface area (Å²) < 4.78 is 5.16. The Morgan fingerprint density at radius 3 is 2.94 bits per heavy atom. The topological polar surface area (TPSA) is 108 Å². The number of hydrogen-bond donors (Lipinski definition) is 2. The second kappa shape index (κ2) is 5.13. The molecule has 2 unspecified atom stereocenters. The van der Waals surface area contributed by atoms with Crippen molar-refractivity contribution < 1.29 is 19.4 Å². The number of ether oxygens (including phenoxy) is 1. The van der Waals surface area contributed by atoms with Crippen LogP contribution in [0.1, 0.15) is 17.5 Å². The molecular formula is C10H14N4O4. The zero-order valence-electron chi connectivity index (χ0n) is 9.87. The van der Waals surface area contributed by atoms with Crippen molar-refractivity contribution in [1.29, 1.82) is 0 Å². The Morgan fingerprint density at radius 2 is 2.39 bits per heavy atom. The number of nitrogens with zero attached hydrogens (tertiary/aromatic N) is 3. The number of aromatic nitrogens is 3. The van der Waals surface area contributed by atoms with Crippen LogP contribution in [0.5, 0.6) is 0 Å². The maximum atomic E-state index is 12.1. The van der Waals surface area contributed by atoms with Gasteiger partial charge in [0.1, 0.15) is 12.2 Å². The van der Waals surface area contributed by atoms with Crippen molar-refractivity contribution in [2.45, 2.75) is 13.0 Å². The number of likely N-dealkylation sites (N-methyl/N-ethyl adjacent to an activating group) is 1. The highest BCUT2D eigenvalue weighted by Gasteiger charge is 2.40. The molecule has 2 heterocycles. The predicted molar refractivity (Wildman–Crippen MR) is 58.8 cm³/mol. The highest BCUT2D eigenvalue weighted by atomic mass is 16.5. The maximum absolute atomic E-state index is 12.1. The number of amides is 1. The van der Waals surface area contributed by atoms with E-state index in [0.29, 0.717) is 6.54 Å². The van der Waals surface area contributed by atoms with Crippen LogP contribution in [0.4, 0.5) is 0 Å². The maximum Gasteiger partial charge on any atom is 0.311 e. The summed E-state index contributed by atoms with van der Waals surface area (Å²) in [6, 6.07) is -0.468. The molecule has 2 N–H and O–H groups in total. The lowest BCUT2D eigenvalue weighted by Gasteiger charge is -2.28. The Morgan fingerprint density at radius 1 is 1.61 bits per heavy atom. The van der Waals surface area contributed by atoms with E-state index in [2.05, 4.69) is 15.2 Å². The van der Waals surface area contributed by atoms with Crippen LogP contribution in [0.2, 0.25) is 0 Å². The number of hydrogen-bond acceptors (Lipinski definition) is 5. The molecule has 0 aromatic carbocycles. The summed E-state index contributed by atoms with van der Waals surface area (Å²) in [7, 11) is 0. The lowest BCUT2D eigenvalue weighted by Crippen LogP contribution is -2.46. The van der Waals surface area contributed by atoms with Gasteiger partial charge < -0.3 is 14.7 Å². The van der Waals surface area contributed by atoms with Gasteiger partial charge in [0.05, 0.1) is 19.3 Å². The summed E-state index contributed by atoms with van der Waals surface area (Å²) in [5.74, 6) is -1.91. The van der Waals surface area contributed by atoms with Crippen molar-refractivity contribution in [2.75, 3.05) is 19.8 Å². The van der Waals surface area contributed by atoms with Crippen LogP contribution in [-0.2, 0) is 9.53 Å². The first kappa shape index (κ1) is 12.5. The van der Waals surface area contributed by atoms with E-state index in [9.17, 15) is 9.59 Å². The minimum atomic E-state index is -0.957. The Balaban J connectivity index is 2.18. The van der Waals surface area contributed by atoms with Crippen LogP contribution in [-0.4, -0.2) is 62.9 Å². The first-order valence-corrected chi connectivity index (χ1v) is 5.62. The van der Waals surface area contributed by atoms with E-state index in [0.717, 1.165) is 0 Å². The van der Waals surface area contributed by atoms with Gasteiger partial charge in [-0.05, 0) is 6.92 Å². The largest absolute Gasteiger partial charge is 0.481 e. The summed E-state index contributed by atoms with van der Waals surface area (Å²) in [5, 5.41) is 15.2. The SMILES string of the molecule is CCN(C(=O)c1ncn[nH]1)C1COCC1C(=O)O. The average molecular weight is 254 g/mol. The molecule has 1 saturated heterocycles. The Labute approximate surface area is 103 Å². The molecule has 2 rings (SSSR count). The number of nitrogens with one attached hydrogen (secondary N) is 1. The second-order valence-electron chi connectivity index (χ2n) is 3.97. The molecular weight excluding hydrogens is 240 g/mol. The summed E-state index contributed by atoms with van der Waals surface area (Å²) in [6.45, 7) is 2.52. The molecule has 0 aliphatic carbocycles. The summed E-state index contributed by atoms with van der Waals surface area (Å²) in [6.07, 6.45) is 1.24. The van der Waals surface area contributed by atoms with Crippen LogP contribution in [0, 0.1) is 5.92 Å². The van der Waals surface area contributed by atoms with Gasteiger partial charge in [0, 0.05) is 6.54 Å². The molecule has 8 nitrogen and oxygen atoms in total. The van der Waals surface area contributed by atoms with Crippen molar-refractivity contribution in [3.63, 3.8) is 0 Å². The van der Waals surface area contributed by atoms with Crippen molar-refractivity contribution in [3.8, 4) is 0 Å². The number of rotatable bonds is 4. The third-order valence-electron chi connectivity index (χ3n) is 2.99. The van der Waals surface area contributed by atoms with Gasteiger partial charge in [0.25, 0.3) is 5.91 Å². The first-order valence-electron chi connectivity index (χ1n) is 5.62. The fourth-order valence-corrected chi connectivity index (χ4v) is 2.06. The van der Waals surface area contributed by atoms with Crippen LogP contribution in [0.15, 0.2) is 6.33 Å². The molecule has 1 aromatic heterocycles. The van der Waals surface area contributed by atoms with Crippen molar-refractivity contribution in [2.24, 2.45) is 5.92 Å². The zero-order chi connectivity index (χ0) is 13.1. The van der Waals surface area contributed by atoms with E-state index in [-0.39, 0.29) is 24.9 Å². The summed E-state index contributed by atoms with van der Waals surface area (Å²) in [4.78, 5) is 28.5. The minimum Gasteiger partial charge on any atom is -0.481 e. The van der Waals surface area contributed by atoms with Crippen molar-refractivity contribution in [1.82, 2.24) is 20.1 Å². The third kappa shape index (κ3) is 2.19. The molecule has 98 valence electrons. The van der Waals surface area contributed by atoms with E-state index >= 15 is 0 Å². The van der Waals surface area contributed by atoms with E-state index in [1.54, 1.807) is 6.92 Å². The number of carboxylic acid groups (broad SMARTS) is 1. The van der Waals surface area contributed by atoms with Gasteiger partial charge in [-0.15, -0.1) is 0 Å². The lowest BCUT2D eigenvalue weighted by atomic mass is 10.0. The highest BCUT2D eigenvalue weighted by Crippen LogP contribution is 2.21. The molecule has 2 atom stereocenters. The summed E-state index contributed by atoms with van der Waals surface area (Å²) in [5.41, 5.74) is 0. The van der Waals surface area contributed by atoms with Crippen molar-refractivity contribution in [3.05, 3.63) is 12.2 Å². The summed E-state index contributed by atoms with van der Waals surface area (Å²) >= 11 is 0. The van der Waals surface area contributed by atoms with Gasteiger partial charge in [-0.3, -0.25) is 14.7 Å². The number of carboxylic acids is 1.